The largest absolute Gasteiger partial charge is 0.467 e. The Morgan fingerprint density at radius 2 is 1.73 bits per heavy atom. The van der Waals surface area contributed by atoms with E-state index in [-0.39, 0.29) is 31.1 Å². The number of aliphatic hydroxyl groups is 6. The summed E-state index contributed by atoms with van der Waals surface area (Å²) in [5.41, 5.74) is -5.52. The van der Waals surface area contributed by atoms with Crippen LogP contribution in [-0.2, 0) is 47.6 Å². The van der Waals surface area contributed by atoms with Crippen LogP contribution in [0.3, 0.4) is 0 Å². The number of methoxy groups -OCH3 is 1. The molecule has 16 atom stereocenters. The normalized spacial score (nSPS) is 49.3. The molecule has 0 aromatic carbocycles. The van der Waals surface area contributed by atoms with Gasteiger partial charge in [-0.3, -0.25) is 9.59 Å². The van der Waals surface area contributed by atoms with Gasteiger partial charge in [0.05, 0.1) is 32.3 Å². The van der Waals surface area contributed by atoms with Crippen molar-refractivity contribution in [3.05, 3.63) is 11.8 Å². The lowest BCUT2D eigenvalue weighted by atomic mass is 9.37. The number of carbonyl (C=O) groups excluding carboxylic acids is 4. The molecule has 0 radical (unpaired) electrons. The van der Waals surface area contributed by atoms with Crippen molar-refractivity contribution < 1.29 is 78.2 Å². The van der Waals surface area contributed by atoms with E-state index in [1.165, 1.54) is 6.08 Å². The van der Waals surface area contributed by atoms with Crippen molar-refractivity contribution >= 4 is 23.7 Å². The Morgan fingerprint density at radius 3 is 2.35 bits per heavy atom. The third kappa shape index (κ3) is 4.56. The lowest BCUT2D eigenvalue weighted by molar-refractivity contribution is -0.298. The Kier molecular flexibility index (Phi) is 8.76. The summed E-state index contributed by atoms with van der Waals surface area (Å²) in [6.07, 6.45) is -13.5. The number of aliphatic hydroxyl groups excluding tert-OH is 6. The highest BCUT2D eigenvalue weighted by atomic mass is 16.7. The van der Waals surface area contributed by atoms with E-state index < -0.39 is 126 Å². The molecule has 3 aliphatic heterocycles. The molecule has 5 fully saturated rings. The first kappa shape index (κ1) is 35.1. The van der Waals surface area contributed by atoms with Crippen molar-refractivity contribution in [3.63, 3.8) is 0 Å². The van der Waals surface area contributed by atoms with Crippen molar-refractivity contribution in [1.82, 2.24) is 0 Å². The second-order valence-corrected chi connectivity index (χ2v) is 14.7. The van der Waals surface area contributed by atoms with Gasteiger partial charge in [-0.2, -0.15) is 0 Å². The lowest BCUT2D eigenvalue weighted by Gasteiger charge is -2.67. The Morgan fingerprint density at radius 1 is 1.04 bits per heavy atom. The van der Waals surface area contributed by atoms with Crippen LogP contribution in [0.2, 0.25) is 0 Å². The van der Waals surface area contributed by atoms with Crippen molar-refractivity contribution in [1.29, 1.82) is 0 Å². The molecule has 6 N–H and O–H groups in total. The van der Waals surface area contributed by atoms with Crippen molar-refractivity contribution in [2.45, 2.75) is 101 Å². The summed E-state index contributed by atoms with van der Waals surface area (Å²) >= 11 is 0. The summed E-state index contributed by atoms with van der Waals surface area (Å²) in [5, 5.41) is 64.6. The number of rotatable bonds is 7. The molecule has 3 aliphatic carbocycles. The first-order valence-electron chi connectivity index (χ1n) is 16.2. The summed E-state index contributed by atoms with van der Waals surface area (Å²) < 4.78 is 34.2. The minimum atomic E-state index is -2.36. The summed E-state index contributed by atoms with van der Waals surface area (Å²) in [7, 11) is 1.05. The fourth-order valence-corrected chi connectivity index (χ4v) is 9.72. The number of ether oxygens (including phenoxy) is 6. The maximum atomic E-state index is 14.7. The van der Waals surface area contributed by atoms with Crippen LogP contribution in [0.25, 0.3) is 0 Å². The van der Waals surface area contributed by atoms with Gasteiger partial charge in [0.1, 0.15) is 36.6 Å². The van der Waals surface area contributed by atoms with Crippen LogP contribution < -0.4 is 0 Å². The molecule has 6 aliphatic rings. The number of allylic oxidation sites excluding steroid dienone is 2. The first-order valence-corrected chi connectivity index (χ1v) is 16.2. The van der Waals surface area contributed by atoms with E-state index in [9.17, 15) is 49.8 Å². The van der Waals surface area contributed by atoms with Gasteiger partial charge < -0.3 is 59.1 Å². The second-order valence-electron chi connectivity index (χ2n) is 14.7. The molecule has 2 saturated carbocycles. The molecular weight excluding hydrogens is 640 g/mol. The zero-order valence-electron chi connectivity index (χ0n) is 27.3. The maximum Gasteiger partial charge on any atom is 0.348 e. The molecule has 16 heteroatoms. The highest BCUT2D eigenvalue weighted by Crippen LogP contribution is 2.72. The van der Waals surface area contributed by atoms with Gasteiger partial charge in [0, 0.05) is 23.2 Å². The zero-order chi connectivity index (χ0) is 35.2. The molecule has 3 heterocycles. The molecule has 0 aromatic heterocycles. The molecule has 2 unspecified atom stereocenters. The molecule has 2 bridgehead atoms. The van der Waals surface area contributed by atoms with E-state index in [0.29, 0.717) is 0 Å². The minimum absolute atomic E-state index is 0.0576. The van der Waals surface area contributed by atoms with Crippen LogP contribution in [0.5, 0.6) is 0 Å². The molecule has 0 amide bonds. The highest BCUT2D eigenvalue weighted by molar-refractivity contribution is 6.00. The number of hydrogen-bond donors (Lipinski definition) is 6. The SMILES string of the molecule is COC(=O)[C@@]12OC[C@]34C(C(O)[C@@H]1O)[C@@]1(C)C(=O)C(O[C@@H]5O[C@H](CO)[C@@H](O)[C@H](O)[C@H]5O)=C[C@@H](C)[C@@H]1C[C@H]3OC(=O)[C@H](OC(=O)CC(C)C)[C@@H]24. The molecule has 6 rings (SSSR count). The van der Waals surface area contributed by atoms with Gasteiger partial charge in [-0.15, -0.1) is 0 Å². The molecule has 1 spiro atoms. The fourth-order valence-electron chi connectivity index (χ4n) is 9.72. The van der Waals surface area contributed by atoms with Crippen LogP contribution in [0, 0.1) is 40.4 Å². The third-order valence-corrected chi connectivity index (χ3v) is 11.8. The predicted molar refractivity (Wildman–Crippen MR) is 155 cm³/mol. The minimum Gasteiger partial charge on any atom is -0.467 e. The second kappa shape index (κ2) is 12.0. The van der Waals surface area contributed by atoms with Crippen LogP contribution in [0.4, 0.5) is 0 Å². The smallest absolute Gasteiger partial charge is 0.348 e. The van der Waals surface area contributed by atoms with Crippen LogP contribution >= 0.6 is 0 Å². The van der Waals surface area contributed by atoms with Crippen LogP contribution in [-0.4, -0.2) is 135 Å². The van der Waals surface area contributed by atoms with Gasteiger partial charge >= 0.3 is 17.9 Å². The monoisotopic (exact) mass is 684 g/mol. The standard InChI is InChI=1S/C32H44O16/c1-11(2)6-17(34)48-22-24-31-10-44-32(24,29(42)43-5)26(40)21(38)23(31)30(4)13(8-16(31)47-27(22)41)12(3)7-14(25(30)39)45-28-20(37)19(36)18(35)15(9-33)46-28/h7,11-13,15-16,18-24,26,28,33,35-38,40H,6,8-10H2,1-5H3/t12-,13+,15-,16-,18-,19+,20-,21?,22-,23?,24-,26+,28-,30+,31-,32+/m1/s1. The Bertz CT molecular complexity index is 1380. The average molecular weight is 685 g/mol. The van der Waals surface area contributed by atoms with E-state index in [2.05, 4.69) is 0 Å². The number of carbonyl (C=O) groups is 4. The van der Waals surface area contributed by atoms with Crippen LogP contribution in [0.1, 0.15) is 40.5 Å². The van der Waals surface area contributed by atoms with E-state index in [4.69, 9.17) is 28.4 Å². The Balaban J connectivity index is 1.45. The topological polar surface area (TPSA) is 245 Å². The van der Waals surface area contributed by atoms with Gasteiger partial charge in [-0.1, -0.05) is 27.7 Å². The van der Waals surface area contributed by atoms with Gasteiger partial charge in [-0.25, -0.2) is 9.59 Å². The van der Waals surface area contributed by atoms with E-state index in [0.717, 1.165) is 7.11 Å². The number of Topliss-reactive ketones (excluding diaryl/α,β-unsaturated/α-hetero) is 1. The van der Waals surface area contributed by atoms with E-state index in [1.807, 2.05) is 0 Å². The number of hydrogen-bond acceptors (Lipinski definition) is 16. The Labute approximate surface area is 275 Å². The van der Waals surface area contributed by atoms with Gasteiger partial charge in [-0.05, 0) is 30.3 Å². The van der Waals surface area contributed by atoms with Crippen molar-refractivity contribution in [2.24, 2.45) is 40.4 Å². The number of fused-ring (bicyclic) bond motifs is 2. The van der Waals surface area contributed by atoms with Gasteiger partial charge in [0.25, 0.3) is 0 Å². The maximum absolute atomic E-state index is 14.7. The summed E-state index contributed by atoms with van der Waals surface area (Å²) in [5.74, 6) is -7.81. The molecular formula is C32H44O16. The fraction of sp³-hybridized carbons (Fsp3) is 0.812. The quantitative estimate of drug-likeness (QED) is 0.122. The average Bonchev–Trinajstić information content (AvgIpc) is 3.34. The van der Waals surface area contributed by atoms with Crippen molar-refractivity contribution in [3.8, 4) is 0 Å². The van der Waals surface area contributed by atoms with Gasteiger partial charge in [0.2, 0.25) is 23.8 Å². The molecule has 268 valence electrons. The Hall–Kier alpha value is -2.70. The summed E-state index contributed by atoms with van der Waals surface area (Å²) in [6.45, 7) is 5.77. The molecule has 16 nitrogen and oxygen atoms in total. The number of ketones is 1. The van der Waals surface area contributed by atoms with E-state index >= 15 is 0 Å². The summed E-state index contributed by atoms with van der Waals surface area (Å²) in [4.78, 5) is 54.9. The zero-order valence-corrected chi connectivity index (χ0v) is 27.3. The molecule has 48 heavy (non-hydrogen) atoms. The predicted octanol–water partition coefficient (Wildman–Crippen LogP) is -2.29. The summed E-state index contributed by atoms with van der Waals surface area (Å²) in [6, 6.07) is 0. The lowest BCUT2D eigenvalue weighted by Crippen LogP contribution is -2.80. The molecule has 0 aromatic rings. The molecule has 3 saturated heterocycles. The number of esters is 3. The van der Waals surface area contributed by atoms with Crippen molar-refractivity contribution in [2.75, 3.05) is 20.3 Å². The first-order chi connectivity index (χ1) is 22.5. The van der Waals surface area contributed by atoms with E-state index in [1.54, 1.807) is 27.7 Å². The van der Waals surface area contributed by atoms with Gasteiger partial charge in [0.15, 0.2) is 5.76 Å². The highest BCUT2D eigenvalue weighted by Gasteiger charge is 2.86. The third-order valence-electron chi connectivity index (χ3n) is 11.8. The van der Waals surface area contributed by atoms with Crippen LogP contribution in [0.15, 0.2) is 11.8 Å².